The molecule has 2 aromatic carbocycles. The maximum absolute atomic E-state index is 11.9. The normalized spacial score (nSPS) is 16.0. The average Bonchev–Trinajstić information content (AvgIpc) is 2.83. The van der Waals surface area contributed by atoms with Crippen LogP contribution in [-0.4, -0.2) is 11.9 Å². The van der Waals surface area contributed by atoms with Crippen LogP contribution in [0.25, 0.3) is 6.08 Å². The van der Waals surface area contributed by atoms with Gasteiger partial charge < -0.3 is 4.74 Å². The molecule has 0 aromatic heterocycles. The van der Waals surface area contributed by atoms with Crippen molar-refractivity contribution in [3.63, 3.8) is 0 Å². The molecular formula is C16H9ClINO2. The van der Waals surface area contributed by atoms with Crippen LogP contribution in [0, 0.1) is 3.57 Å². The molecule has 5 heteroatoms. The Morgan fingerprint density at radius 2 is 1.81 bits per heavy atom. The zero-order chi connectivity index (χ0) is 14.8. The van der Waals surface area contributed by atoms with Crippen molar-refractivity contribution in [2.24, 2.45) is 4.99 Å². The molecule has 0 spiro atoms. The second kappa shape index (κ2) is 5.99. The lowest BCUT2D eigenvalue weighted by atomic mass is 10.2. The van der Waals surface area contributed by atoms with Gasteiger partial charge in [-0.15, -0.1) is 0 Å². The van der Waals surface area contributed by atoms with Crippen LogP contribution in [-0.2, 0) is 9.53 Å². The monoisotopic (exact) mass is 409 g/mol. The summed E-state index contributed by atoms with van der Waals surface area (Å²) in [4.78, 5) is 16.2. The first-order valence-electron chi connectivity index (χ1n) is 6.17. The topological polar surface area (TPSA) is 38.7 Å². The van der Waals surface area contributed by atoms with Crippen molar-refractivity contribution in [3.05, 3.63) is 73.9 Å². The van der Waals surface area contributed by atoms with Crippen LogP contribution in [0.4, 0.5) is 0 Å². The fourth-order valence-corrected chi connectivity index (χ4v) is 2.71. The number of esters is 1. The number of rotatable bonds is 2. The third-order valence-corrected chi connectivity index (χ3v) is 4.21. The lowest BCUT2D eigenvalue weighted by molar-refractivity contribution is -0.129. The van der Waals surface area contributed by atoms with E-state index < -0.39 is 5.97 Å². The maximum Gasteiger partial charge on any atom is 0.363 e. The van der Waals surface area contributed by atoms with E-state index in [0.29, 0.717) is 10.9 Å². The molecule has 0 atom stereocenters. The minimum atomic E-state index is -0.468. The number of ether oxygens (including phenoxy) is 1. The van der Waals surface area contributed by atoms with Crippen molar-refractivity contribution in [2.75, 3.05) is 0 Å². The van der Waals surface area contributed by atoms with Crippen molar-refractivity contribution < 1.29 is 9.53 Å². The average molecular weight is 410 g/mol. The van der Waals surface area contributed by atoms with E-state index >= 15 is 0 Å². The summed E-state index contributed by atoms with van der Waals surface area (Å²) in [6.45, 7) is 0. The molecule has 1 aliphatic heterocycles. The Morgan fingerprint density at radius 3 is 2.57 bits per heavy atom. The summed E-state index contributed by atoms with van der Waals surface area (Å²) in [6, 6.07) is 14.9. The minimum absolute atomic E-state index is 0.248. The molecular weight excluding hydrogens is 401 g/mol. The Labute approximate surface area is 140 Å². The van der Waals surface area contributed by atoms with Crippen molar-refractivity contribution in [1.29, 1.82) is 0 Å². The zero-order valence-electron chi connectivity index (χ0n) is 10.7. The predicted octanol–water partition coefficient (Wildman–Crippen LogP) is 4.29. The quantitative estimate of drug-likeness (QED) is 0.422. The van der Waals surface area contributed by atoms with Crippen LogP contribution in [0.15, 0.2) is 59.2 Å². The lowest BCUT2D eigenvalue weighted by Crippen LogP contribution is -2.06. The highest BCUT2D eigenvalue weighted by molar-refractivity contribution is 14.1. The van der Waals surface area contributed by atoms with Crippen molar-refractivity contribution in [1.82, 2.24) is 0 Å². The Kier molecular flexibility index (Phi) is 4.07. The molecule has 3 nitrogen and oxygen atoms in total. The van der Waals surface area contributed by atoms with Gasteiger partial charge in [0.1, 0.15) is 0 Å². The van der Waals surface area contributed by atoms with Crippen molar-refractivity contribution in [3.8, 4) is 0 Å². The molecule has 0 aliphatic carbocycles. The number of carbonyl (C=O) groups is 1. The number of hydrogen-bond acceptors (Lipinski definition) is 3. The molecule has 3 rings (SSSR count). The second-order valence-electron chi connectivity index (χ2n) is 4.34. The molecule has 0 saturated heterocycles. The summed E-state index contributed by atoms with van der Waals surface area (Å²) in [6.07, 6.45) is 1.63. The number of cyclic esters (lactones) is 1. The van der Waals surface area contributed by atoms with Crippen LogP contribution in [0.5, 0.6) is 0 Å². The van der Waals surface area contributed by atoms with Gasteiger partial charge >= 0.3 is 5.97 Å². The SMILES string of the molecule is O=C1OC(c2ccccc2I)=N/C1=C\c1ccccc1Cl. The summed E-state index contributed by atoms with van der Waals surface area (Å²) >= 11 is 8.26. The van der Waals surface area contributed by atoms with E-state index in [0.717, 1.165) is 14.7 Å². The zero-order valence-corrected chi connectivity index (χ0v) is 13.6. The summed E-state index contributed by atoms with van der Waals surface area (Å²) in [5.74, 6) is -0.145. The first kappa shape index (κ1) is 14.3. The Hall–Kier alpha value is -1.66. The minimum Gasteiger partial charge on any atom is -0.402 e. The van der Waals surface area contributed by atoms with E-state index in [1.165, 1.54) is 0 Å². The number of benzene rings is 2. The third-order valence-electron chi connectivity index (χ3n) is 2.92. The van der Waals surface area contributed by atoms with E-state index in [9.17, 15) is 4.79 Å². The number of halogens is 2. The summed E-state index contributed by atoms with van der Waals surface area (Å²) in [7, 11) is 0. The van der Waals surface area contributed by atoms with E-state index in [1.54, 1.807) is 12.1 Å². The van der Waals surface area contributed by atoms with E-state index in [4.69, 9.17) is 16.3 Å². The fraction of sp³-hybridized carbons (Fsp3) is 0. The molecule has 0 fully saturated rings. The largest absolute Gasteiger partial charge is 0.402 e. The van der Waals surface area contributed by atoms with Crippen LogP contribution in [0.3, 0.4) is 0 Å². The van der Waals surface area contributed by atoms with Gasteiger partial charge in [0.2, 0.25) is 5.90 Å². The molecule has 0 unspecified atom stereocenters. The van der Waals surface area contributed by atoms with Crippen LogP contribution >= 0.6 is 34.2 Å². The van der Waals surface area contributed by atoms with Gasteiger partial charge in [0.25, 0.3) is 0 Å². The fourth-order valence-electron chi connectivity index (χ4n) is 1.90. The van der Waals surface area contributed by atoms with E-state index in [2.05, 4.69) is 27.6 Å². The van der Waals surface area contributed by atoms with Crippen LogP contribution in [0.1, 0.15) is 11.1 Å². The Balaban J connectivity index is 2.00. The highest BCUT2D eigenvalue weighted by Crippen LogP contribution is 2.24. The van der Waals surface area contributed by atoms with Gasteiger partial charge in [-0.1, -0.05) is 41.9 Å². The first-order valence-corrected chi connectivity index (χ1v) is 7.63. The Bertz CT molecular complexity index is 783. The highest BCUT2D eigenvalue weighted by Gasteiger charge is 2.25. The molecule has 0 N–H and O–H groups in total. The van der Waals surface area contributed by atoms with E-state index in [-0.39, 0.29) is 5.70 Å². The van der Waals surface area contributed by atoms with Crippen LogP contribution in [0.2, 0.25) is 5.02 Å². The van der Waals surface area contributed by atoms with Crippen LogP contribution < -0.4 is 0 Å². The number of carbonyl (C=O) groups excluding carboxylic acids is 1. The molecule has 0 radical (unpaired) electrons. The molecule has 0 bridgehead atoms. The van der Waals surface area contributed by atoms with Crippen molar-refractivity contribution >= 4 is 52.1 Å². The highest BCUT2D eigenvalue weighted by atomic mass is 127. The summed E-state index contributed by atoms with van der Waals surface area (Å²) in [5, 5.41) is 0.566. The van der Waals surface area contributed by atoms with Crippen molar-refractivity contribution in [2.45, 2.75) is 0 Å². The van der Waals surface area contributed by atoms with Gasteiger partial charge in [0, 0.05) is 8.59 Å². The van der Waals surface area contributed by atoms with E-state index in [1.807, 2.05) is 42.5 Å². The van der Waals surface area contributed by atoms with Gasteiger partial charge in [-0.2, -0.15) is 0 Å². The Morgan fingerprint density at radius 1 is 1.10 bits per heavy atom. The number of aliphatic imine (C=N–C) groups is 1. The number of hydrogen-bond donors (Lipinski definition) is 0. The summed E-state index contributed by atoms with van der Waals surface area (Å²) < 4.78 is 6.22. The standard InChI is InChI=1S/C16H9ClINO2/c17-12-7-3-1-5-10(12)9-14-16(20)21-15(19-14)11-6-2-4-8-13(11)18/h1-9H/b14-9-. The molecule has 1 aliphatic rings. The van der Waals surface area contributed by atoms with Gasteiger partial charge in [-0.3, -0.25) is 0 Å². The van der Waals surface area contributed by atoms with Gasteiger partial charge in [-0.25, -0.2) is 9.79 Å². The summed E-state index contributed by atoms with van der Waals surface area (Å²) in [5.41, 5.74) is 1.78. The number of nitrogens with zero attached hydrogens (tertiary/aromatic N) is 1. The van der Waals surface area contributed by atoms with Gasteiger partial charge in [0.15, 0.2) is 5.70 Å². The van der Waals surface area contributed by atoms with Gasteiger partial charge in [0.05, 0.1) is 5.56 Å². The molecule has 104 valence electrons. The maximum atomic E-state index is 11.9. The molecule has 0 amide bonds. The lowest BCUT2D eigenvalue weighted by Gasteiger charge is -2.01. The molecule has 0 saturated carbocycles. The molecule has 2 aromatic rings. The molecule has 1 heterocycles. The smallest absolute Gasteiger partial charge is 0.363 e. The first-order chi connectivity index (χ1) is 10.1. The third kappa shape index (κ3) is 3.01. The van der Waals surface area contributed by atoms with Gasteiger partial charge in [-0.05, 0) is 52.4 Å². The molecule has 21 heavy (non-hydrogen) atoms. The second-order valence-corrected chi connectivity index (χ2v) is 5.91. The predicted molar refractivity (Wildman–Crippen MR) is 91.2 cm³/mol.